The zero-order valence-electron chi connectivity index (χ0n) is 11.0. The van der Waals surface area contributed by atoms with E-state index in [9.17, 15) is 4.79 Å². The first-order valence-electron chi connectivity index (χ1n) is 6.43. The number of aryl methyl sites for hydroxylation is 1. The van der Waals surface area contributed by atoms with Crippen molar-refractivity contribution in [2.45, 2.75) is 26.2 Å². The van der Waals surface area contributed by atoms with E-state index in [1.807, 2.05) is 41.9 Å². The molecule has 19 heavy (non-hydrogen) atoms. The molecule has 0 aliphatic rings. The standard InChI is InChI=1S/C17H16OS/c1-2-17(18)10-9-16-6-4-3-5-15(16)8-7-14-11-12-19-13-14/h3-6,11-13H,2,9-10H2,1H3. The number of hydrogen-bond donors (Lipinski definition) is 0. The van der Waals surface area contributed by atoms with Gasteiger partial charge < -0.3 is 0 Å². The summed E-state index contributed by atoms with van der Waals surface area (Å²) in [5.74, 6) is 6.67. The van der Waals surface area contributed by atoms with Crippen LogP contribution in [0.1, 0.15) is 36.5 Å². The Hall–Kier alpha value is -1.85. The van der Waals surface area contributed by atoms with E-state index in [1.54, 1.807) is 11.3 Å². The van der Waals surface area contributed by atoms with Gasteiger partial charge in [-0.2, -0.15) is 11.3 Å². The molecule has 0 spiro atoms. The van der Waals surface area contributed by atoms with Gasteiger partial charge in [0.05, 0.1) is 0 Å². The summed E-state index contributed by atoms with van der Waals surface area (Å²) in [6.07, 6.45) is 2.00. The van der Waals surface area contributed by atoms with E-state index in [0.29, 0.717) is 18.6 Å². The first kappa shape index (κ1) is 13.6. The van der Waals surface area contributed by atoms with Gasteiger partial charge in [0.25, 0.3) is 0 Å². The molecule has 2 heteroatoms. The van der Waals surface area contributed by atoms with Gasteiger partial charge in [-0.1, -0.05) is 37.0 Å². The van der Waals surface area contributed by atoms with Crippen molar-refractivity contribution >= 4 is 17.1 Å². The highest BCUT2D eigenvalue weighted by atomic mass is 32.1. The van der Waals surface area contributed by atoms with E-state index < -0.39 is 0 Å². The summed E-state index contributed by atoms with van der Waals surface area (Å²) in [5.41, 5.74) is 3.23. The maximum atomic E-state index is 11.4. The van der Waals surface area contributed by atoms with Gasteiger partial charge in [0.15, 0.2) is 0 Å². The lowest BCUT2D eigenvalue weighted by molar-refractivity contribution is -0.118. The number of hydrogen-bond acceptors (Lipinski definition) is 2. The van der Waals surface area contributed by atoms with Gasteiger partial charge in [0.2, 0.25) is 0 Å². The normalized spacial score (nSPS) is 9.74. The fourth-order valence-electron chi connectivity index (χ4n) is 1.79. The highest BCUT2D eigenvalue weighted by Crippen LogP contribution is 2.11. The summed E-state index contributed by atoms with van der Waals surface area (Å²) in [5, 5.41) is 4.06. The molecule has 0 atom stereocenters. The van der Waals surface area contributed by atoms with Crippen molar-refractivity contribution in [1.82, 2.24) is 0 Å². The zero-order valence-corrected chi connectivity index (χ0v) is 11.8. The monoisotopic (exact) mass is 268 g/mol. The van der Waals surface area contributed by atoms with Crippen molar-refractivity contribution < 1.29 is 4.79 Å². The molecule has 0 bridgehead atoms. The highest BCUT2D eigenvalue weighted by Gasteiger charge is 2.03. The number of Topliss-reactive ketones (excluding diaryl/α,β-unsaturated/α-hetero) is 1. The minimum Gasteiger partial charge on any atom is -0.300 e. The van der Waals surface area contributed by atoms with Gasteiger partial charge in [0.1, 0.15) is 5.78 Å². The number of rotatable bonds is 4. The van der Waals surface area contributed by atoms with Gasteiger partial charge in [0, 0.05) is 29.3 Å². The Morgan fingerprint density at radius 2 is 2.05 bits per heavy atom. The Balaban J connectivity index is 2.14. The maximum absolute atomic E-state index is 11.4. The lowest BCUT2D eigenvalue weighted by atomic mass is 10.0. The van der Waals surface area contributed by atoms with Crippen molar-refractivity contribution in [2.75, 3.05) is 0 Å². The molecular formula is C17H16OS. The third-order valence-corrected chi connectivity index (χ3v) is 3.63. The lowest BCUT2D eigenvalue weighted by Crippen LogP contribution is -1.99. The molecule has 0 saturated carbocycles. The summed E-state index contributed by atoms with van der Waals surface area (Å²) in [6, 6.07) is 10.1. The van der Waals surface area contributed by atoms with Crippen LogP contribution in [0.5, 0.6) is 0 Å². The van der Waals surface area contributed by atoms with Gasteiger partial charge in [-0.3, -0.25) is 4.79 Å². The zero-order chi connectivity index (χ0) is 13.5. The first-order chi connectivity index (χ1) is 9.29. The summed E-state index contributed by atoms with van der Waals surface area (Å²) in [4.78, 5) is 11.4. The van der Waals surface area contributed by atoms with E-state index in [0.717, 1.165) is 23.1 Å². The van der Waals surface area contributed by atoms with Crippen LogP contribution in [0.25, 0.3) is 0 Å². The predicted octanol–water partition coefficient (Wildman–Crippen LogP) is 4.06. The third kappa shape index (κ3) is 4.08. The van der Waals surface area contributed by atoms with Crippen molar-refractivity contribution in [3.05, 3.63) is 57.8 Å². The number of carbonyl (C=O) groups excluding carboxylic acids is 1. The molecule has 0 radical (unpaired) electrons. The van der Waals surface area contributed by atoms with Crippen LogP contribution in [-0.2, 0) is 11.2 Å². The van der Waals surface area contributed by atoms with E-state index >= 15 is 0 Å². The van der Waals surface area contributed by atoms with Crippen molar-refractivity contribution in [1.29, 1.82) is 0 Å². The average Bonchev–Trinajstić information content (AvgIpc) is 2.96. The molecule has 2 rings (SSSR count). The highest BCUT2D eigenvalue weighted by molar-refractivity contribution is 7.08. The second-order valence-corrected chi connectivity index (χ2v) is 5.09. The largest absolute Gasteiger partial charge is 0.300 e. The van der Waals surface area contributed by atoms with E-state index in [4.69, 9.17) is 0 Å². The minimum absolute atomic E-state index is 0.306. The molecule has 0 saturated heterocycles. The Morgan fingerprint density at radius 3 is 2.79 bits per heavy atom. The summed E-state index contributed by atoms with van der Waals surface area (Å²) in [6.45, 7) is 1.91. The van der Waals surface area contributed by atoms with Gasteiger partial charge in [-0.05, 0) is 29.5 Å². The Kier molecular flexibility index (Phi) is 4.94. The lowest BCUT2D eigenvalue weighted by Gasteiger charge is -2.03. The van der Waals surface area contributed by atoms with E-state index in [1.165, 1.54) is 0 Å². The molecule has 1 aromatic carbocycles. The second kappa shape index (κ2) is 6.92. The molecule has 96 valence electrons. The topological polar surface area (TPSA) is 17.1 Å². The Morgan fingerprint density at radius 1 is 1.21 bits per heavy atom. The molecule has 0 aliphatic carbocycles. The van der Waals surface area contributed by atoms with Crippen molar-refractivity contribution in [3.63, 3.8) is 0 Å². The van der Waals surface area contributed by atoms with Crippen LogP contribution in [0, 0.1) is 11.8 Å². The second-order valence-electron chi connectivity index (χ2n) is 4.31. The smallest absolute Gasteiger partial charge is 0.132 e. The molecule has 0 unspecified atom stereocenters. The Bertz CT molecular complexity index is 600. The van der Waals surface area contributed by atoms with Gasteiger partial charge in [-0.25, -0.2) is 0 Å². The van der Waals surface area contributed by atoms with Crippen LogP contribution in [-0.4, -0.2) is 5.78 Å². The minimum atomic E-state index is 0.306. The average molecular weight is 268 g/mol. The Labute approximate surface area is 118 Å². The molecule has 2 aromatic rings. The van der Waals surface area contributed by atoms with E-state index in [-0.39, 0.29) is 0 Å². The fraction of sp³-hybridized carbons (Fsp3) is 0.235. The summed E-state index contributed by atoms with van der Waals surface area (Å²) in [7, 11) is 0. The van der Waals surface area contributed by atoms with Crippen LogP contribution >= 0.6 is 11.3 Å². The molecule has 0 N–H and O–H groups in total. The fourth-order valence-corrected chi connectivity index (χ4v) is 2.37. The van der Waals surface area contributed by atoms with Crippen LogP contribution in [0.4, 0.5) is 0 Å². The molecule has 1 aromatic heterocycles. The quantitative estimate of drug-likeness (QED) is 0.764. The molecule has 0 fully saturated rings. The van der Waals surface area contributed by atoms with Crippen LogP contribution in [0.15, 0.2) is 41.1 Å². The van der Waals surface area contributed by atoms with Gasteiger partial charge in [-0.15, -0.1) is 0 Å². The predicted molar refractivity (Wildman–Crippen MR) is 80.4 cm³/mol. The number of ketones is 1. The number of benzene rings is 1. The van der Waals surface area contributed by atoms with Crippen molar-refractivity contribution in [2.24, 2.45) is 0 Å². The summed E-state index contributed by atoms with van der Waals surface area (Å²) < 4.78 is 0. The number of carbonyl (C=O) groups is 1. The van der Waals surface area contributed by atoms with Gasteiger partial charge >= 0.3 is 0 Å². The molecular weight excluding hydrogens is 252 g/mol. The van der Waals surface area contributed by atoms with Crippen molar-refractivity contribution in [3.8, 4) is 11.8 Å². The van der Waals surface area contributed by atoms with Crippen LogP contribution in [0.3, 0.4) is 0 Å². The summed E-state index contributed by atoms with van der Waals surface area (Å²) >= 11 is 1.65. The number of thiophene rings is 1. The molecule has 1 heterocycles. The van der Waals surface area contributed by atoms with Crippen LogP contribution in [0.2, 0.25) is 0 Å². The first-order valence-corrected chi connectivity index (χ1v) is 7.37. The maximum Gasteiger partial charge on any atom is 0.132 e. The van der Waals surface area contributed by atoms with E-state index in [2.05, 4.69) is 17.9 Å². The third-order valence-electron chi connectivity index (χ3n) is 2.95. The molecule has 0 aliphatic heterocycles. The van der Waals surface area contributed by atoms with Crippen LogP contribution < -0.4 is 0 Å². The SMILES string of the molecule is CCC(=O)CCc1ccccc1C#Cc1ccsc1. The molecule has 1 nitrogen and oxygen atoms in total. The molecule has 0 amide bonds.